The summed E-state index contributed by atoms with van der Waals surface area (Å²) < 4.78 is 1.57. The van der Waals surface area contributed by atoms with Gasteiger partial charge in [0.1, 0.15) is 6.04 Å². The highest BCUT2D eigenvalue weighted by Gasteiger charge is 2.14. The summed E-state index contributed by atoms with van der Waals surface area (Å²) in [6.07, 6.45) is 6.53. The average Bonchev–Trinajstić information content (AvgIpc) is 2.70. The van der Waals surface area contributed by atoms with Crippen LogP contribution in [0.2, 0.25) is 0 Å². The lowest BCUT2D eigenvalue weighted by atomic mass is 10.2. The molecule has 1 atom stereocenters. The summed E-state index contributed by atoms with van der Waals surface area (Å²) in [6, 6.07) is -0.307. The summed E-state index contributed by atoms with van der Waals surface area (Å²) in [7, 11) is 0. The second-order valence-electron chi connectivity index (χ2n) is 3.93. The third kappa shape index (κ3) is 3.56. The van der Waals surface area contributed by atoms with Crippen LogP contribution in [0.25, 0.3) is 0 Å². The van der Waals surface area contributed by atoms with E-state index >= 15 is 0 Å². The molecule has 0 aliphatic rings. The zero-order chi connectivity index (χ0) is 12.0. The molecule has 5 nitrogen and oxygen atoms in total. The van der Waals surface area contributed by atoms with Crippen LogP contribution in [-0.4, -0.2) is 22.2 Å². The predicted molar refractivity (Wildman–Crippen MR) is 63.9 cm³/mol. The number of aromatic nitrogens is 2. The van der Waals surface area contributed by atoms with Crippen LogP contribution in [0.1, 0.15) is 39.2 Å². The number of unbranched alkanes of at least 4 members (excludes halogenated alkanes) is 2. The van der Waals surface area contributed by atoms with E-state index < -0.39 is 0 Å². The molecule has 0 fully saturated rings. The number of rotatable bonds is 6. The number of carbonyl (C=O) groups is 1. The van der Waals surface area contributed by atoms with Crippen molar-refractivity contribution >= 4 is 11.6 Å². The summed E-state index contributed by atoms with van der Waals surface area (Å²) in [5.41, 5.74) is 6.12. The van der Waals surface area contributed by atoms with Gasteiger partial charge in [-0.1, -0.05) is 19.8 Å². The molecule has 1 aromatic heterocycles. The second-order valence-corrected chi connectivity index (χ2v) is 3.93. The molecule has 1 heterocycles. The molecule has 0 aliphatic carbocycles. The van der Waals surface area contributed by atoms with Crippen LogP contribution in [0.4, 0.5) is 5.69 Å². The fourth-order valence-corrected chi connectivity index (χ4v) is 1.42. The lowest BCUT2D eigenvalue weighted by Crippen LogP contribution is -2.31. The molecule has 0 spiro atoms. The van der Waals surface area contributed by atoms with Crippen molar-refractivity contribution < 1.29 is 4.79 Å². The van der Waals surface area contributed by atoms with Gasteiger partial charge in [-0.2, -0.15) is 5.10 Å². The summed E-state index contributed by atoms with van der Waals surface area (Å²) >= 11 is 0. The summed E-state index contributed by atoms with van der Waals surface area (Å²) in [6.45, 7) is 4.67. The highest BCUT2D eigenvalue weighted by molar-refractivity contribution is 5.79. The average molecular weight is 224 g/mol. The van der Waals surface area contributed by atoms with Crippen LogP contribution in [0.15, 0.2) is 12.4 Å². The molecule has 1 unspecified atom stereocenters. The predicted octanol–water partition coefficient (Wildman–Crippen LogP) is 1.33. The van der Waals surface area contributed by atoms with E-state index in [1.165, 1.54) is 0 Å². The number of amides is 1. The summed E-state index contributed by atoms with van der Waals surface area (Å²) in [5.74, 6) is -0.0146. The van der Waals surface area contributed by atoms with Crippen LogP contribution < -0.4 is 11.1 Å². The maximum Gasteiger partial charge on any atom is 0.244 e. The first-order valence-electron chi connectivity index (χ1n) is 5.72. The highest BCUT2D eigenvalue weighted by Crippen LogP contribution is 2.07. The molecule has 0 aromatic carbocycles. The molecule has 0 radical (unpaired) electrons. The fraction of sp³-hybridized carbons (Fsp3) is 0.636. The van der Waals surface area contributed by atoms with Crippen LogP contribution in [0.5, 0.6) is 0 Å². The fourth-order valence-electron chi connectivity index (χ4n) is 1.42. The topological polar surface area (TPSA) is 72.9 Å². The number of hydrogen-bond acceptors (Lipinski definition) is 3. The van der Waals surface area contributed by atoms with Gasteiger partial charge in [-0.3, -0.25) is 9.48 Å². The van der Waals surface area contributed by atoms with E-state index in [9.17, 15) is 4.79 Å². The van der Waals surface area contributed by atoms with Crippen molar-refractivity contribution in [1.29, 1.82) is 0 Å². The van der Waals surface area contributed by atoms with E-state index in [2.05, 4.69) is 17.3 Å². The molecule has 3 N–H and O–H groups in total. The standard InChI is InChI=1S/C11H20N4O/c1-3-4-5-6-13-11(16)9(2)15-8-10(12)7-14-15/h7-9H,3-6,12H2,1-2H3,(H,13,16). The second kappa shape index (κ2) is 6.15. The largest absolute Gasteiger partial charge is 0.396 e. The molecule has 16 heavy (non-hydrogen) atoms. The van der Waals surface area contributed by atoms with Crippen LogP contribution in [0.3, 0.4) is 0 Å². The van der Waals surface area contributed by atoms with Crippen molar-refractivity contribution in [1.82, 2.24) is 15.1 Å². The van der Waals surface area contributed by atoms with Crippen LogP contribution >= 0.6 is 0 Å². The number of nitrogens with zero attached hydrogens (tertiary/aromatic N) is 2. The summed E-state index contributed by atoms with van der Waals surface area (Å²) in [5, 5.41) is 6.90. The molecule has 90 valence electrons. The number of hydrogen-bond donors (Lipinski definition) is 2. The molecule has 0 bridgehead atoms. The van der Waals surface area contributed by atoms with Gasteiger partial charge < -0.3 is 11.1 Å². The SMILES string of the molecule is CCCCCNC(=O)C(C)n1cc(N)cn1. The molecule has 0 aliphatic heterocycles. The van der Waals surface area contributed by atoms with Crippen molar-refractivity contribution in [3.8, 4) is 0 Å². The third-order valence-corrected chi connectivity index (χ3v) is 2.48. The maximum absolute atomic E-state index is 11.7. The van der Waals surface area contributed by atoms with Gasteiger partial charge in [-0.15, -0.1) is 0 Å². The van der Waals surface area contributed by atoms with Crippen molar-refractivity contribution in [2.75, 3.05) is 12.3 Å². The van der Waals surface area contributed by atoms with Crippen molar-refractivity contribution in [2.24, 2.45) is 0 Å². The van der Waals surface area contributed by atoms with Crippen molar-refractivity contribution in [2.45, 2.75) is 39.2 Å². The Balaban J connectivity index is 2.36. The molecule has 1 aromatic rings. The molecular weight excluding hydrogens is 204 g/mol. The Morgan fingerprint density at radius 2 is 2.38 bits per heavy atom. The molecule has 1 amide bonds. The first kappa shape index (κ1) is 12.5. The Morgan fingerprint density at radius 3 is 2.94 bits per heavy atom. The summed E-state index contributed by atoms with van der Waals surface area (Å²) in [4.78, 5) is 11.7. The van der Waals surface area contributed by atoms with E-state index in [4.69, 9.17) is 5.73 Å². The van der Waals surface area contributed by atoms with E-state index in [1.54, 1.807) is 17.1 Å². The molecule has 5 heteroatoms. The quantitative estimate of drug-likeness (QED) is 0.716. The van der Waals surface area contributed by atoms with E-state index in [1.807, 2.05) is 6.92 Å². The van der Waals surface area contributed by atoms with E-state index in [0.717, 1.165) is 25.8 Å². The van der Waals surface area contributed by atoms with Gasteiger partial charge in [0.15, 0.2) is 0 Å². The molecular formula is C11H20N4O. The van der Waals surface area contributed by atoms with Crippen LogP contribution in [-0.2, 0) is 4.79 Å². The van der Waals surface area contributed by atoms with Gasteiger partial charge >= 0.3 is 0 Å². The number of carbonyl (C=O) groups excluding carboxylic acids is 1. The van der Waals surface area contributed by atoms with Gasteiger partial charge in [0.25, 0.3) is 0 Å². The minimum Gasteiger partial charge on any atom is -0.396 e. The highest BCUT2D eigenvalue weighted by atomic mass is 16.2. The Hall–Kier alpha value is -1.52. The number of anilines is 1. The zero-order valence-electron chi connectivity index (χ0n) is 9.94. The number of nitrogens with one attached hydrogen (secondary N) is 1. The Labute approximate surface area is 96.0 Å². The van der Waals surface area contributed by atoms with Crippen molar-refractivity contribution in [3.63, 3.8) is 0 Å². The lowest BCUT2D eigenvalue weighted by Gasteiger charge is -2.12. The van der Waals surface area contributed by atoms with Crippen LogP contribution in [0, 0.1) is 0 Å². The van der Waals surface area contributed by atoms with Gasteiger partial charge in [-0.25, -0.2) is 0 Å². The number of nitrogens with two attached hydrogens (primary N) is 1. The van der Waals surface area contributed by atoms with Gasteiger partial charge in [-0.05, 0) is 13.3 Å². The molecule has 0 saturated carbocycles. The Morgan fingerprint density at radius 1 is 1.62 bits per heavy atom. The monoisotopic (exact) mass is 224 g/mol. The maximum atomic E-state index is 11.7. The first-order valence-corrected chi connectivity index (χ1v) is 5.72. The van der Waals surface area contributed by atoms with Gasteiger partial charge in [0, 0.05) is 12.7 Å². The van der Waals surface area contributed by atoms with E-state index in [-0.39, 0.29) is 11.9 Å². The normalized spacial score (nSPS) is 12.4. The molecule has 0 saturated heterocycles. The third-order valence-electron chi connectivity index (χ3n) is 2.48. The minimum absolute atomic E-state index is 0.0146. The smallest absolute Gasteiger partial charge is 0.244 e. The minimum atomic E-state index is -0.307. The van der Waals surface area contributed by atoms with Gasteiger partial charge in [0.2, 0.25) is 5.91 Å². The Kier molecular flexibility index (Phi) is 4.82. The van der Waals surface area contributed by atoms with Gasteiger partial charge in [0.05, 0.1) is 11.9 Å². The number of nitrogen functional groups attached to an aromatic ring is 1. The Bertz CT molecular complexity index is 334. The van der Waals surface area contributed by atoms with E-state index in [0.29, 0.717) is 5.69 Å². The molecule has 1 rings (SSSR count). The zero-order valence-corrected chi connectivity index (χ0v) is 9.94. The lowest BCUT2D eigenvalue weighted by molar-refractivity contribution is -0.124. The first-order chi connectivity index (χ1) is 7.65. The van der Waals surface area contributed by atoms with Crippen molar-refractivity contribution in [3.05, 3.63) is 12.4 Å².